The number of hydrogen-bond acceptors (Lipinski definition) is 4. The monoisotopic (exact) mass is 392 g/mol. The molecule has 1 aliphatic rings. The van der Waals surface area contributed by atoms with Gasteiger partial charge in [0.15, 0.2) is 5.16 Å². The summed E-state index contributed by atoms with van der Waals surface area (Å²) in [6, 6.07) is 16.2. The van der Waals surface area contributed by atoms with Gasteiger partial charge in [-0.3, -0.25) is 9.36 Å². The standard InChI is InChI=1S/C22H24N4OS/c1-14-8-7-9-15(2)19(14)23-21(27)16(3)28-22-25-24-20(17-12-13-17)26(22)18-10-5-4-6-11-18/h4-11,16-17H,12-13H2,1-3H3,(H,23,27). The number of carbonyl (C=O) groups is 1. The van der Waals surface area contributed by atoms with Gasteiger partial charge in [0, 0.05) is 17.3 Å². The smallest absolute Gasteiger partial charge is 0.237 e. The minimum Gasteiger partial charge on any atom is -0.325 e. The first kappa shape index (κ1) is 18.7. The Morgan fingerprint density at radius 3 is 2.39 bits per heavy atom. The molecule has 0 aliphatic heterocycles. The molecule has 1 atom stereocenters. The first-order valence-corrected chi connectivity index (χ1v) is 10.5. The number of nitrogens with zero attached hydrogens (tertiary/aromatic N) is 3. The summed E-state index contributed by atoms with van der Waals surface area (Å²) < 4.78 is 2.10. The number of anilines is 1. The van der Waals surface area contributed by atoms with Crippen LogP contribution in [-0.4, -0.2) is 25.9 Å². The maximum absolute atomic E-state index is 12.8. The molecule has 3 aromatic rings. The number of amides is 1. The molecule has 0 saturated heterocycles. The summed E-state index contributed by atoms with van der Waals surface area (Å²) in [6.07, 6.45) is 2.30. The molecule has 0 spiro atoms. The summed E-state index contributed by atoms with van der Waals surface area (Å²) in [7, 11) is 0. The van der Waals surface area contributed by atoms with Crippen molar-refractivity contribution in [3.63, 3.8) is 0 Å². The molecule has 0 radical (unpaired) electrons. The first-order valence-electron chi connectivity index (χ1n) is 9.59. The van der Waals surface area contributed by atoms with E-state index in [1.807, 2.05) is 57.2 Å². The van der Waals surface area contributed by atoms with Gasteiger partial charge in [-0.05, 0) is 56.9 Å². The molecule has 1 aromatic heterocycles. The first-order chi connectivity index (χ1) is 13.5. The number of benzene rings is 2. The van der Waals surface area contributed by atoms with Gasteiger partial charge in [-0.1, -0.05) is 48.2 Å². The number of aromatic nitrogens is 3. The summed E-state index contributed by atoms with van der Waals surface area (Å²) in [6.45, 7) is 5.93. The number of nitrogens with one attached hydrogen (secondary N) is 1. The van der Waals surface area contributed by atoms with Crippen LogP contribution in [0.15, 0.2) is 53.7 Å². The highest BCUT2D eigenvalue weighted by atomic mass is 32.2. The van der Waals surface area contributed by atoms with E-state index in [0.717, 1.165) is 46.3 Å². The number of aryl methyl sites for hydroxylation is 2. The minimum atomic E-state index is -0.294. The molecular formula is C22H24N4OS. The van der Waals surface area contributed by atoms with Crippen molar-refractivity contribution in [1.29, 1.82) is 0 Å². The van der Waals surface area contributed by atoms with E-state index < -0.39 is 0 Å². The van der Waals surface area contributed by atoms with Crippen LogP contribution in [0.1, 0.15) is 42.6 Å². The van der Waals surface area contributed by atoms with Crippen molar-refractivity contribution in [3.8, 4) is 5.69 Å². The molecule has 1 saturated carbocycles. The van der Waals surface area contributed by atoms with Gasteiger partial charge in [-0.25, -0.2) is 0 Å². The molecule has 1 fully saturated rings. The SMILES string of the molecule is Cc1cccc(C)c1NC(=O)C(C)Sc1nnc(C2CC2)n1-c1ccccc1. The highest BCUT2D eigenvalue weighted by molar-refractivity contribution is 8.00. The zero-order valence-corrected chi connectivity index (χ0v) is 17.2. The normalized spacial score (nSPS) is 14.7. The molecule has 1 unspecified atom stereocenters. The van der Waals surface area contributed by atoms with Gasteiger partial charge >= 0.3 is 0 Å². The van der Waals surface area contributed by atoms with Crippen molar-refractivity contribution in [1.82, 2.24) is 14.8 Å². The maximum atomic E-state index is 12.8. The number of rotatable bonds is 6. The number of para-hydroxylation sites is 2. The zero-order valence-electron chi connectivity index (χ0n) is 16.3. The Bertz CT molecular complexity index is 975. The van der Waals surface area contributed by atoms with Crippen LogP contribution in [0.4, 0.5) is 5.69 Å². The molecule has 2 aromatic carbocycles. The molecule has 1 heterocycles. The average Bonchev–Trinajstić information content (AvgIpc) is 3.46. The third kappa shape index (κ3) is 3.83. The van der Waals surface area contributed by atoms with E-state index >= 15 is 0 Å². The van der Waals surface area contributed by atoms with Crippen molar-refractivity contribution in [2.75, 3.05) is 5.32 Å². The van der Waals surface area contributed by atoms with E-state index in [0.29, 0.717) is 5.92 Å². The van der Waals surface area contributed by atoms with Crippen LogP contribution in [0, 0.1) is 13.8 Å². The summed E-state index contributed by atoms with van der Waals surface area (Å²) in [5, 5.41) is 12.4. The van der Waals surface area contributed by atoms with Gasteiger partial charge in [0.2, 0.25) is 5.91 Å². The van der Waals surface area contributed by atoms with Crippen molar-refractivity contribution >= 4 is 23.4 Å². The van der Waals surface area contributed by atoms with E-state index in [1.165, 1.54) is 11.8 Å². The Hall–Kier alpha value is -2.60. The molecule has 0 bridgehead atoms. The summed E-state index contributed by atoms with van der Waals surface area (Å²) >= 11 is 1.45. The molecule has 1 aliphatic carbocycles. The van der Waals surface area contributed by atoms with E-state index in [4.69, 9.17) is 0 Å². The Kier molecular flexibility index (Phi) is 5.22. The summed E-state index contributed by atoms with van der Waals surface area (Å²) in [5.74, 6) is 1.44. The number of carbonyl (C=O) groups excluding carboxylic acids is 1. The predicted molar refractivity (Wildman–Crippen MR) is 113 cm³/mol. The van der Waals surface area contributed by atoms with E-state index in [1.54, 1.807) is 0 Å². The van der Waals surface area contributed by atoms with E-state index in [2.05, 4.69) is 32.2 Å². The Balaban J connectivity index is 1.56. The Labute approximate surface area is 169 Å². The van der Waals surface area contributed by atoms with Gasteiger partial charge in [0.25, 0.3) is 0 Å². The predicted octanol–water partition coefficient (Wildman–Crippen LogP) is 4.88. The van der Waals surface area contributed by atoms with Crippen LogP contribution >= 0.6 is 11.8 Å². The van der Waals surface area contributed by atoms with Crippen LogP contribution in [0.5, 0.6) is 0 Å². The summed E-state index contributed by atoms with van der Waals surface area (Å²) in [4.78, 5) is 12.8. The minimum absolute atomic E-state index is 0.0296. The fourth-order valence-corrected chi connectivity index (χ4v) is 4.11. The van der Waals surface area contributed by atoms with E-state index in [9.17, 15) is 4.79 Å². The van der Waals surface area contributed by atoms with Gasteiger partial charge in [-0.15, -0.1) is 10.2 Å². The van der Waals surface area contributed by atoms with Crippen molar-refractivity contribution in [2.24, 2.45) is 0 Å². The van der Waals surface area contributed by atoms with Crippen LogP contribution in [0.25, 0.3) is 5.69 Å². The summed E-state index contributed by atoms with van der Waals surface area (Å²) in [5.41, 5.74) is 4.06. The topological polar surface area (TPSA) is 59.8 Å². The number of thioether (sulfide) groups is 1. The van der Waals surface area contributed by atoms with Crippen LogP contribution in [-0.2, 0) is 4.79 Å². The zero-order chi connectivity index (χ0) is 19.7. The maximum Gasteiger partial charge on any atom is 0.237 e. The average molecular weight is 393 g/mol. The second-order valence-corrected chi connectivity index (χ2v) is 8.61. The quantitative estimate of drug-likeness (QED) is 0.607. The molecule has 1 amide bonds. The van der Waals surface area contributed by atoms with Crippen LogP contribution in [0.2, 0.25) is 0 Å². The molecule has 28 heavy (non-hydrogen) atoms. The van der Waals surface area contributed by atoms with Gasteiger partial charge in [0.05, 0.1) is 5.25 Å². The van der Waals surface area contributed by atoms with Crippen molar-refractivity contribution in [3.05, 3.63) is 65.5 Å². The van der Waals surface area contributed by atoms with Gasteiger partial charge < -0.3 is 5.32 Å². The third-order valence-corrected chi connectivity index (χ3v) is 6.04. The lowest BCUT2D eigenvalue weighted by atomic mass is 10.1. The molecule has 6 heteroatoms. The molecule has 1 N–H and O–H groups in total. The van der Waals surface area contributed by atoms with Crippen molar-refractivity contribution < 1.29 is 4.79 Å². The molecular weight excluding hydrogens is 368 g/mol. The lowest BCUT2D eigenvalue weighted by molar-refractivity contribution is -0.115. The molecule has 144 valence electrons. The lowest BCUT2D eigenvalue weighted by Gasteiger charge is -2.16. The fourth-order valence-electron chi connectivity index (χ4n) is 3.23. The largest absolute Gasteiger partial charge is 0.325 e. The third-order valence-electron chi connectivity index (χ3n) is 5.00. The van der Waals surface area contributed by atoms with Crippen molar-refractivity contribution in [2.45, 2.75) is 49.9 Å². The Morgan fingerprint density at radius 2 is 1.75 bits per heavy atom. The highest BCUT2D eigenvalue weighted by Gasteiger charge is 2.32. The second kappa shape index (κ2) is 7.80. The van der Waals surface area contributed by atoms with E-state index in [-0.39, 0.29) is 11.2 Å². The molecule has 5 nitrogen and oxygen atoms in total. The number of hydrogen-bond donors (Lipinski definition) is 1. The van der Waals surface area contributed by atoms with Gasteiger partial charge in [0.1, 0.15) is 5.82 Å². The Morgan fingerprint density at radius 1 is 1.07 bits per heavy atom. The van der Waals surface area contributed by atoms with Gasteiger partial charge in [-0.2, -0.15) is 0 Å². The lowest BCUT2D eigenvalue weighted by Crippen LogP contribution is -2.23. The fraction of sp³-hybridized carbons (Fsp3) is 0.318. The highest BCUT2D eigenvalue weighted by Crippen LogP contribution is 2.41. The van der Waals surface area contributed by atoms with Crippen LogP contribution < -0.4 is 5.32 Å². The van der Waals surface area contributed by atoms with Crippen LogP contribution in [0.3, 0.4) is 0 Å². The second-order valence-electron chi connectivity index (χ2n) is 7.30. The molecule has 4 rings (SSSR count).